The molecule has 0 aliphatic heterocycles. The highest BCUT2D eigenvalue weighted by molar-refractivity contribution is 7.99. The summed E-state index contributed by atoms with van der Waals surface area (Å²) < 4.78 is 12.9. The number of esters is 1. The summed E-state index contributed by atoms with van der Waals surface area (Å²) >= 11 is 1.30. The molecule has 152 valence electrons. The van der Waals surface area contributed by atoms with E-state index in [1.165, 1.54) is 11.8 Å². The van der Waals surface area contributed by atoms with Gasteiger partial charge in [0.05, 0.1) is 18.4 Å². The second-order valence-corrected chi connectivity index (χ2v) is 8.50. The van der Waals surface area contributed by atoms with Gasteiger partial charge in [0.2, 0.25) is 0 Å². The van der Waals surface area contributed by atoms with Crippen LogP contribution in [0.4, 0.5) is 0 Å². The van der Waals surface area contributed by atoms with Crippen molar-refractivity contribution in [3.63, 3.8) is 0 Å². The normalized spacial score (nSPS) is 11.3. The minimum absolute atomic E-state index is 0.146. The van der Waals surface area contributed by atoms with E-state index < -0.39 is 5.60 Å². The van der Waals surface area contributed by atoms with Gasteiger partial charge in [-0.1, -0.05) is 36.0 Å². The molecule has 0 aliphatic rings. The van der Waals surface area contributed by atoms with Crippen molar-refractivity contribution in [2.45, 2.75) is 38.5 Å². The van der Waals surface area contributed by atoms with E-state index in [1.807, 2.05) is 74.7 Å². The molecular formula is C22H25N3O3S. The molecule has 0 bridgehead atoms. The minimum Gasteiger partial charge on any atom is -0.496 e. The standard InChI is InChI=1S/C22H25N3O3S/c1-15-9-8-10-16(13-15)25-20(17-11-6-7-12-18(17)27-5)23-24-21(25)29-14-19(26)28-22(2,3)4/h6-13H,14H2,1-5H3. The number of hydrogen-bond acceptors (Lipinski definition) is 6. The molecule has 29 heavy (non-hydrogen) atoms. The summed E-state index contributed by atoms with van der Waals surface area (Å²) in [6.07, 6.45) is 0. The third kappa shape index (κ3) is 5.17. The van der Waals surface area contributed by atoms with Crippen molar-refractivity contribution in [1.29, 1.82) is 0 Å². The predicted octanol–water partition coefficient (Wildman–Crippen LogP) is 4.69. The third-order valence-electron chi connectivity index (χ3n) is 3.98. The van der Waals surface area contributed by atoms with Crippen LogP contribution in [0.5, 0.6) is 5.75 Å². The second kappa shape index (κ2) is 8.69. The molecule has 3 aromatic rings. The summed E-state index contributed by atoms with van der Waals surface area (Å²) in [5.41, 5.74) is 2.34. The van der Waals surface area contributed by atoms with Gasteiger partial charge in [0.25, 0.3) is 0 Å². The van der Waals surface area contributed by atoms with Crippen molar-refractivity contribution in [2.24, 2.45) is 0 Å². The Labute approximate surface area is 175 Å². The van der Waals surface area contributed by atoms with Crippen LogP contribution in [0.1, 0.15) is 26.3 Å². The van der Waals surface area contributed by atoms with Crippen molar-refractivity contribution in [3.8, 4) is 22.8 Å². The van der Waals surface area contributed by atoms with Crippen LogP contribution < -0.4 is 4.74 Å². The van der Waals surface area contributed by atoms with Crippen LogP contribution in [0.2, 0.25) is 0 Å². The van der Waals surface area contributed by atoms with E-state index >= 15 is 0 Å². The first-order valence-electron chi connectivity index (χ1n) is 9.29. The van der Waals surface area contributed by atoms with Crippen molar-refractivity contribution in [3.05, 3.63) is 54.1 Å². The monoisotopic (exact) mass is 411 g/mol. The molecule has 0 atom stereocenters. The van der Waals surface area contributed by atoms with Crippen LogP contribution in [0.25, 0.3) is 17.1 Å². The van der Waals surface area contributed by atoms with Crippen molar-refractivity contribution in [1.82, 2.24) is 14.8 Å². The Bertz CT molecular complexity index is 1010. The molecule has 0 radical (unpaired) electrons. The lowest BCUT2D eigenvalue weighted by Crippen LogP contribution is -2.25. The summed E-state index contributed by atoms with van der Waals surface area (Å²) in [5.74, 6) is 1.21. The lowest BCUT2D eigenvalue weighted by molar-refractivity contribution is -0.151. The summed E-state index contributed by atoms with van der Waals surface area (Å²) in [7, 11) is 1.63. The number of benzene rings is 2. The first-order valence-corrected chi connectivity index (χ1v) is 10.3. The number of thioether (sulfide) groups is 1. The maximum atomic E-state index is 12.2. The highest BCUT2D eigenvalue weighted by Gasteiger charge is 2.21. The molecule has 0 unspecified atom stereocenters. The van der Waals surface area contributed by atoms with E-state index in [2.05, 4.69) is 16.3 Å². The molecule has 1 heterocycles. The van der Waals surface area contributed by atoms with Gasteiger partial charge in [-0.05, 0) is 57.5 Å². The predicted molar refractivity (Wildman–Crippen MR) is 115 cm³/mol. The average molecular weight is 412 g/mol. The van der Waals surface area contributed by atoms with Crippen LogP contribution in [0.15, 0.2) is 53.7 Å². The van der Waals surface area contributed by atoms with Crippen molar-refractivity contribution in [2.75, 3.05) is 12.9 Å². The van der Waals surface area contributed by atoms with Gasteiger partial charge in [-0.15, -0.1) is 10.2 Å². The van der Waals surface area contributed by atoms with Gasteiger partial charge in [0.1, 0.15) is 11.4 Å². The smallest absolute Gasteiger partial charge is 0.316 e. The summed E-state index contributed by atoms with van der Waals surface area (Å²) in [5, 5.41) is 9.38. The number of carbonyl (C=O) groups is 1. The van der Waals surface area contributed by atoms with Gasteiger partial charge < -0.3 is 9.47 Å². The zero-order valence-electron chi connectivity index (χ0n) is 17.3. The summed E-state index contributed by atoms with van der Waals surface area (Å²) in [6, 6.07) is 15.7. The quantitative estimate of drug-likeness (QED) is 0.433. The third-order valence-corrected chi connectivity index (χ3v) is 4.88. The molecule has 0 amide bonds. The number of nitrogens with zero attached hydrogens (tertiary/aromatic N) is 3. The first-order chi connectivity index (χ1) is 13.8. The molecule has 0 fully saturated rings. The molecule has 2 aromatic carbocycles. The van der Waals surface area contributed by atoms with Gasteiger partial charge in [0, 0.05) is 5.69 Å². The number of carbonyl (C=O) groups excluding carboxylic acids is 1. The SMILES string of the molecule is COc1ccccc1-c1nnc(SCC(=O)OC(C)(C)C)n1-c1cccc(C)c1. The van der Waals surface area contributed by atoms with E-state index in [-0.39, 0.29) is 11.7 Å². The Balaban J connectivity index is 2.01. The van der Waals surface area contributed by atoms with E-state index in [1.54, 1.807) is 7.11 Å². The topological polar surface area (TPSA) is 66.2 Å². The fourth-order valence-electron chi connectivity index (χ4n) is 2.86. The van der Waals surface area contributed by atoms with Crippen LogP contribution in [0, 0.1) is 6.92 Å². The number of aryl methyl sites for hydroxylation is 1. The molecule has 0 N–H and O–H groups in total. The fraction of sp³-hybridized carbons (Fsp3) is 0.318. The Hall–Kier alpha value is -2.80. The lowest BCUT2D eigenvalue weighted by atomic mass is 10.1. The van der Waals surface area contributed by atoms with Crippen LogP contribution >= 0.6 is 11.8 Å². The highest BCUT2D eigenvalue weighted by Crippen LogP contribution is 2.33. The first kappa shape index (κ1) is 20.9. The number of hydrogen-bond donors (Lipinski definition) is 0. The van der Waals surface area contributed by atoms with Crippen molar-refractivity contribution < 1.29 is 14.3 Å². The van der Waals surface area contributed by atoms with E-state index in [0.29, 0.717) is 16.7 Å². The summed E-state index contributed by atoms with van der Waals surface area (Å²) in [6.45, 7) is 7.59. The zero-order chi connectivity index (χ0) is 21.0. The number of para-hydroxylation sites is 1. The molecule has 6 nitrogen and oxygen atoms in total. The molecule has 0 spiro atoms. The molecule has 7 heteroatoms. The lowest BCUT2D eigenvalue weighted by Gasteiger charge is -2.19. The van der Waals surface area contributed by atoms with Crippen LogP contribution in [-0.4, -0.2) is 39.2 Å². The largest absolute Gasteiger partial charge is 0.496 e. The van der Waals surface area contributed by atoms with E-state index in [0.717, 1.165) is 16.8 Å². The Morgan fingerprint density at radius 2 is 1.86 bits per heavy atom. The molecular weight excluding hydrogens is 386 g/mol. The van der Waals surface area contributed by atoms with Gasteiger partial charge in [-0.3, -0.25) is 9.36 Å². The molecule has 3 rings (SSSR count). The van der Waals surface area contributed by atoms with E-state index in [9.17, 15) is 4.79 Å². The number of aromatic nitrogens is 3. The number of methoxy groups -OCH3 is 1. The average Bonchev–Trinajstić information content (AvgIpc) is 3.08. The maximum absolute atomic E-state index is 12.2. The second-order valence-electron chi connectivity index (χ2n) is 7.56. The number of ether oxygens (including phenoxy) is 2. The van der Waals surface area contributed by atoms with Gasteiger partial charge in [-0.2, -0.15) is 0 Å². The Morgan fingerprint density at radius 1 is 1.10 bits per heavy atom. The van der Waals surface area contributed by atoms with Crippen LogP contribution in [-0.2, 0) is 9.53 Å². The number of rotatable bonds is 6. The molecule has 0 saturated heterocycles. The Kier molecular flexibility index (Phi) is 6.27. The molecule has 0 aliphatic carbocycles. The van der Waals surface area contributed by atoms with E-state index in [4.69, 9.17) is 9.47 Å². The van der Waals surface area contributed by atoms with Crippen LogP contribution in [0.3, 0.4) is 0 Å². The van der Waals surface area contributed by atoms with Gasteiger partial charge in [0.15, 0.2) is 11.0 Å². The maximum Gasteiger partial charge on any atom is 0.316 e. The van der Waals surface area contributed by atoms with Crippen molar-refractivity contribution >= 4 is 17.7 Å². The Morgan fingerprint density at radius 3 is 2.55 bits per heavy atom. The minimum atomic E-state index is -0.523. The highest BCUT2D eigenvalue weighted by atomic mass is 32.2. The van der Waals surface area contributed by atoms with Gasteiger partial charge in [-0.25, -0.2) is 0 Å². The molecule has 1 aromatic heterocycles. The zero-order valence-corrected chi connectivity index (χ0v) is 18.1. The van der Waals surface area contributed by atoms with Gasteiger partial charge >= 0.3 is 5.97 Å². The summed E-state index contributed by atoms with van der Waals surface area (Å²) in [4.78, 5) is 12.2. The molecule has 0 saturated carbocycles. The fourth-order valence-corrected chi connectivity index (χ4v) is 3.59.